The largest absolute Gasteiger partial charge is 0.507 e. The van der Waals surface area contributed by atoms with Crippen molar-refractivity contribution in [2.24, 2.45) is 0 Å². The molecular weight excluding hydrogens is 222 g/mol. The molecule has 0 unspecified atom stereocenters. The molecule has 0 spiro atoms. The SMILES string of the molecule is OB(O)c1ccc(O)c2c(Cl)csc12. The Morgan fingerprint density at radius 1 is 1.29 bits per heavy atom. The van der Waals surface area contributed by atoms with Crippen LogP contribution in [0, 0.1) is 0 Å². The minimum Gasteiger partial charge on any atom is -0.507 e. The van der Waals surface area contributed by atoms with Crippen LogP contribution < -0.4 is 5.46 Å². The van der Waals surface area contributed by atoms with Crippen LogP contribution in [0.4, 0.5) is 0 Å². The van der Waals surface area contributed by atoms with Crippen LogP contribution >= 0.6 is 22.9 Å². The maximum Gasteiger partial charge on any atom is 0.489 e. The highest BCUT2D eigenvalue weighted by atomic mass is 35.5. The number of thiophene rings is 1. The van der Waals surface area contributed by atoms with Crippen molar-refractivity contribution in [1.29, 1.82) is 0 Å². The van der Waals surface area contributed by atoms with Gasteiger partial charge < -0.3 is 15.2 Å². The molecule has 0 amide bonds. The number of rotatable bonds is 1. The summed E-state index contributed by atoms with van der Waals surface area (Å²) < 4.78 is 0.602. The van der Waals surface area contributed by atoms with Crippen molar-refractivity contribution in [1.82, 2.24) is 0 Å². The Morgan fingerprint density at radius 2 is 2.00 bits per heavy atom. The maximum atomic E-state index is 9.51. The van der Waals surface area contributed by atoms with Crippen LogP contribution in [0.1, 0.15) is 0 Å². The average molecular weight is 228 g/mol. The minimum atomic E-state index is -1.55. The molecule has 0 radical (unpaired) electrons. The number of benzene rings is 1. The summed E-state index contributed by atoms with van der Waals surface area (Å²) in [5.74, 6) is 0.0515. The number of fused-ring (bicyclic) bond motifs is 1. The Bertz CT molecular complexity index is 483. The van der Waals surface area contributed by atoms with E-state index in [9.17, 15) is 5.11 Å². The second-order valence-corrected chi connectivity index (χ2v) is 4.12. The van der Waals surface area contributed by atoms with E-state index < -0.39 is 7.12 Å². The molecule has 0 fully saturated rings. The lowest BCUT2D eigenvalue weighted by Gasteiger charge is -2.02. The monoisotopic (exact) mass is 228 g/mol. The molecule has 1 heterocycles. The zero-order valence-corrected chi connectivity index (χ0v) is 8.51. The first-order valence-corrected chi connectivity index (χ1v) is 5.11. The predicted octanol–water partition coefficient (Wildman–Crippen LogP) is 0.940. The van der Waals surface area contributed by atoms with Gasteiger partial charge in [0.1, 0.15) is 5.75 Å². The molecule has 0 saturated carbocycles. The van der Waals surface area contributed by atoms with Gasteiger partial charge in [0.25, 0.3) is 0 Å². The molecule has 3 N–H and O–H groups in total. The Morgan fingerprint density at radius 3 is 2.64 bits per heavy atom. The molecule has 14 heavy (non-hydrogen) atoms. The number of aromatic hydroxyl groups is 1. The first-order valence-electron chi connectivity index (χ1n) is 3.86. The van der Waals surface area contributed by atoms with Crippen molar-refractivity contribution in [3.8, 4) is 5.75 Å². The van der Waals surface area contributed by atoms with Crippen LogP contribution in [0.3, 0.4) is 0 Å². The zero-order valence-electron chi connectivity index (χ0n) is 6.94. The van der Waals surface area contributed by atoms with Crippen LogP contribution in [0.25, 0.3) is 10.1 Å². The van der Waals surface area contributed by atoms with Crippen LogP contribution in [-0.4, -0.2) is 22.3 Å². The number of hydrogen-bond acceptors (Lipinski definition) is 4. The van der Waals surface area contributed by atoms with Crippen molar-refractivity contribution in [2.75, 3.05) is 0 Å². The Labute approximate surface area is 89.3 Å². The number of hydrogen-bond donors (Lipinski definition) is 3. The summed E-state index contributed by atoms with van der Waals surface area (Å²) in [5.41, 5.74) is 0.356. The van der Waals surface area contributed by atoms with Crippen LogP contribution in [0.15, 0.2) is 17.5 Å². The lowest BCUT2D eigenvalue weighted by atomic mass is 9.80. The summed E-state index contributed by atoms with van der Waals surface area (Å²) in [6, 6.07) is 2.87. The highest BCUT2D eigenvalue weighted by molar-refractivity contribution is 7.19. The summed E-state index contributed by atoms with van der Waals surface area (Å²) in [5, 5.41) is 30.2. The first-order chi connectivity index (χ1) is 6.61. The van der Waals surface area contributed by atoms with Gasteiger partial charge >= 0.3 is 7.12 Å². The fourth-order valence-corrected chi connectivity index (χ4v) is 2.68. The molecule has 2 aromatic rings. The summed E-state index contributed by atoms with van der Waals surface area (Å²) in [4.78, 5) is 0. The summed E-state index contributed by atoms with van der Waals surface area (Å²) in [6.45, 7) is 0. The van der Waals surface area contributed by atoms with Gasteiger partial charge in [-0.2, -0.15) is 0 Å². The lowest BCUT2D eigenvalue weighted by molar-refractivity contribution is 0.426. The zero-order chi connectivity index (χ0) is 10.3. The van der Waals surface area contributed by atoms with Gasteiger partial charge in [-0.05, 0) is 6.07 Å². The molecule has 2 rings (SSSR count). The molecule has 0 atom stereocenters. The van der Waals surface area contributed by atoms with Crippen molar-refractivity contribution in [3.63, 3.8) is 0 Å². The third-order valence-electron chi connectivity index (χ3n) is 1.96. The minimum absolute atomic E-state index is 0.0515. The van der Waals surface area contributed by atoms with Gasteiger partial charge in [-0.3, -0.25) is 0 Å². The normalized spacial score (nSPS) is 10.8. The molecule has 0 bridgehead atoms. The second kappa shape index (κ2) is 3.44. The predicted molar refractivity (Wildman–Crippen MR) is 58.3 cm³/mol. The van der Waals surface area contributed by atoms with Gasteiger partial charge in [-0.1, -0.05) is 17.7 Å². The van der Waals surface area contributed by atoms with E-state index in [-0.39, 0.29) is 5.75 Å². The van der Waals surface area contributed by atoms with Crippen molar-refractivity contribution in [3.05, 3.63) is 22.5 Å². The van der Waals surface area contributed by atoms with Gasteiger partial charge in [-0.25, -0.2) is 0 Å². The Kier molecular flexibility index (Phi) is 2.40. The molecule has 6 heteroatoms. The van der Waals surface area contributed by atoms with Crippen LogP contribution in [0.2, 0.25) is 5.02 Å². The fourth-order valence-electron chi connectivity index (χ4n) is 1.32. The van der Waals surface area contributed by atoms with Gasteiger partial charge in [0.05, 0.1) is 10.4 Å². The van der Waals surface area contributed by atoms with Crippen molar-refractivity contribution >= 4 is 45.6 Å². The molecule has 72 valence electrons. The van der Waals surface area contributed by atoms with Crippen LogP contribution in [-0.2, 0) is 0 Å². The van der Waals surface area contributed by atoms with Gasteiger partial charge in [0.2, 0.25) is 0 Å². The van der Waals surface area contributed by atoms with E-state index in [1.807, 2.05) is 0 Å². The number of phenolic OH excluding ortho intramolecular Hbond substituents is 1. The highest BCUT2D eigenvalue weighted by Crippen LogP contribution is 2.35. The van der Waals surface area contributed by atoms with E-state index in [1.165, 1.54) is 23.5 Å². The Hall–Kier alpha value is -0.745. The summed E-state index contributed by atoms with van der Waals surface area (Å²) in [7, 11) is -1.55. The molecule has 0 aliphatic carbocycles. The van der Waals surface area contributed by atoms with Gasteiger partial charge in [0.15, 0.2) is 0 Å². The lowest BCUT2D eigenvalue weighted by Crippen LogP contribution is -2.29. The average Bonchev–Trinajstić information content (AvgIpc) is 2.49. The van der Waals surface area contributed by atoms with E-state index in [4.69, 9.17) is 21.6 Å². The summed E-state index contributed by atoms with van der Waals surface area (Å²) in [6.07, 6.45) is 0. The van der Waals surface area contributed by atoms with Gasteiger partial charge in [0, 0.05) is 15.5 Å². The van der Waals surface area contributed by atoms with Crippen molar-refractivity contribution < 1.29 is 15.2 Å². The molecule has 0 saturated heterocycles. The fraction of sp³-hybridized carbons (Fsp3) is 0. The first kappa shape index (κ1) is 9.80. The highest BCUT2D eigenvalue weighted by Gasteiger charge is 2.18. The maximum absolute atomic E-state index is 9.51. The molecule has 0 aliphatic heterocycles. The van der Waals surface area contributed by atoms with Crippen molar-refractivity contribution in [2.45, 2.75) is 0 Å². The third-order valence-corrected chi connectivity index (χ3v) is 3.42. The van der Waals surface area contributed by atoms with E-state index in [0.717, 1.165) is 0 Å². The smallest absolute Gasteiger partial charge is 0.489 e. The number of phenols is 1. The number of halogens is 1. The standard InChI is InChI=1S/C8H6BClO3S/c10-5-3-14-8-4(9(12)13)1-2-6(11)7(5)8/h1-3,11-13H. The molecule has 0 aliphatic rings. The van der Waals surface area contributed by atoms with Gasteiger partial charge in [-0.15, -0.1) is 11.3 Å². The van der Waals surface area contributed by atoms with E-state index in [0.29, 0.717) is 20.6 Å². The van der Waals surface area contributed by atoms with Crippen LogP contribution in [0.5, 0.6) is 5.75 Å². The second-order valence-electron chi connectivity index (χ2n) is 2.84. The topological polar surface area (TPSA) is 60.7 Å². The van der Waals surface area contributed by atoms with E-state index >= 15 is 0 Å². The quantitative estimate of drug-likeness (QED) is 0.637. The Balaban J connectivity index is 2.83. The van der Waals surface area contributed by atoms with E-state index in [1.54, 1.807) is 5.38 Å². The third kappa shape index (κ3) is 1.38. The van der Waals surface area contributed by atoms with E-state index in [2.05, 4.69) is 0 Å². The molecular formula is C8H6BClO3S. The molecule has 1 aromatic carbocycles. The summed E-state index contributed by atoms with van der Waals surface area (Å²) >= 11 is 7.11. The molecule has 3 nitrogen and oxygen atoms in total. The molecule has 1 aromatic heterocycles.